The van der Waals surface area contributed by atoms with Crippen molar-refractivity contribution in [3.63, 3.8) is 0 Å². The maximum Gasteiger partial charge on any atom is 0.306 e. The second-order valence-electron chi connectivity index (χ2n) is 13.1. The predicted octanol–water partition coefficient (Wildman–Crippen LogP) is 13.2. The molecule has 0 spiro atoms. The molecule has 0 aliphatic heterocycles. The van der Waals surface area contributed by atoms with Gasteiger partial charge in [0.2, 0.25) is 0 Å². The summed E-state index contributed by atoms with van der Waals surface area (Å²) in [6.45, 7) is 4.50. The molecule has 0 rings (SSSR count). The summed E-state index contributed by atoms with van der Waals surface area (Å²) in [7, 11) is 0. The molecule has 44 heavy (non-hydrogen) atoms. The van der Waals surface area contributed by atoms with Gasteiger partial charge in [-0.25, -0.2) is 0 Å². The molecule has 258 valence electrons. The van der Waals surface area contributed by atoms with E-state index in [1.54, 1.807) is 0 Å². The van der Waals surface area contributed by atoms with Gasteiger partial charge in [0.15, 0.2) is 0 Å². The fraction of sp³-hybridized carbons (Fsp3) is 0.850. The van der Waals surface area contributed by atoms with E-state index in [4.69, 9.17) is 9.84 Å². The van der Waals surface area contributed by atoms with Crippen LogP contribution < -0.4 is 0 Å². The number of ether oxygens (including phenoxy) is 1. The molecule has 1 atom stereocenters. The molecule has 0 radical (unpaired) electrons. The number of hydrogen-bond donors (Lipinski definition) is 1. The van der Waals surface area contributed by atoms with E-state index in [-0.39, 0.29) is 12.1 Å². The van der Waals surface area contributed by atoms with Crippen LogP contribution in [-0.4, -0.2) is 23.1 Å². The number of carboxylic acid groups (broad SMARTS) is 1. The lowest BCUT2D eigenvalue weighted by Crippen LogP contribution is -2.18. The number of rotatable bonds is 35. The molecule has 0 aromatic rings. The molecule has 4 heteroatoms. The van der Waals surface area contributed by atoms with Crippen LogP contribution >= 0.6 is 0 Å². The molecule has 0 bridgehead atoms. The van der Waals surface area contributed by atoms with Crippen molar-refractivity contribution in [3.8, 4) is 0 Å². The van der Waals surface area contributed by atoms with Crippen molar-refractivity contribution in [2.75, 3.05) is 0 Å². The standard InChI is InChI=1S/C40H74O4/c1-3-5-7-9-10-11-12-13-14-15-16-17-18-23-26-29-33-37-40(43)44-38(34-30-8-6-4-2)35-31-27-24-21-19-20-22-25-28-32-36-39(41)42/h10-11,13-14,38H,3-9,12,15-37H2,1-2H3,(H,41,42)/b11-10-,14-13-. The Balaban J connectivity index is 3.81. The highest BCUT2D eigenvalue weighted by atomic mass is 16.5. The molecule has 0 aromatic carbocycles. The molecule has 0 saturated carbocycles. The summed E-state index contributed by atoms with van der Waals surface area (Å²) < 4.78 is 5.98. The number of carbonyl (C=O) groups excluding carboxylic acids is 1. The van der Waals surface area contributed by atoms with Gasteiger partial charge >= 0.3 is 11.9 Å². The number of esters is 1. The Bertz CT molecular complexity index is 668. The van der Waals surface area contributed by atoms with E-state index in [0.29, 0.717) is 12.8 Å². The third-order valence-corrected chi connectivity index (χ3v) is 8.68. The van der Waals surface area contributed by atoms with Gasteiger partial charge in [0.05, 0.1) is 0 Å². The lowest BCUT2D eigenvalue weighted by Gasteiger charge is -2.18. The molecule has 1 unspecified atom stereocenters. The van der Waals surface area contributed by atoms with Crippen LogP contribution in [0.1, 0.15) is 213 Å². The molecular weight excluding hydrogens is 544 g/mol. The lowest BCUT2D eigenvalue weighted by molar-refractivity contribution is -0.150. The van der Waals surface area contributed by atoms with Crippen molar-refractivity contribution in [1.82, 2.24) is 0 Å². The lowest BCUT2D eigenvalue weighted by atomic mass is 10.0. The van der Waals surface area contributed by atoms with Crippen molar-refractivity contribution >= 4 is 11.9 Å². The third-order valence-electron chi connectivity index (χ3n) is 8.68. The van der Waals surface area contributed by atoms with Crippen molar-refractivity contribution in [2.45, 2.75) is 219 Å². The number of carbonyl (C=O) groups is 2. The van der Waals surface area contributed by atoms with E-state index in [1.165, 1.54) is 128 Å². The van der Waals surface area contributed by atoms with Gasteiger partial charge in [-0.15, -0.1) is 0 Å². The van der Waals surface area contributed by atoms with E-state index in [2.05, 4.69) is 38.2 Å². The van der Waals surface area contributed by atoms with Crippen molar-refractivity contribution in [3.05, 3.63) is 24.3 Å². The Morgan fingerprint density at radius 1 is 0.500 bits per heavy atom. The molecule has 0 fully saturated rings. The average molecular weight is 619 g/mol. The summed E-state index contributed by atoms with van der Waals surface area (Å²) in [4.78, 5) is 23.1. The molecule has 0 aliphatic rings. The third kappa shape index (κ3) is 34.9. The predicted molar refractivity (Wildman–Crippen MR) is 190 cm³/mol. The van der Waals surface area contributed by atoms with Crippen molar-refractivity contribution in [1.29, 1.82) is 0 Å². The average Bonchev–Trinajstić information content (AvgIpc) is 3.01. The molecule has 0 aliphatic carbocycles. The summed E-state index contributed by atoms with van der Waals surface area (Å²) in [6.07, 6.45) is 45.0. The quantitative estimate of drug-likeness (QED) is 0.0436. The summed E-state index contributed by atoms with van der Waals surface area (Å²) in [5.41, 5.74) is 0. The van der Waals surface area contributed by atoms with Crippen molar-refractivity contribution in [2.24, 2.45) is 0 Å². The van der Waals surface area contributed by atoms with Crippen LogP contribution in [-0.2, 0) is 14.3 Å². The second kappa shape index (κ2) is 35.9. The Kier molecular flexibility index (Phi) is 34.6. The summed E-state index contributed by atoms with van der Waals surface area (Å²) >= 11 is 0. The zero-order valence-corrected chi connectivity index (χ0v) is 29.5. The molecule has 0 aromatic heterocycles. The van der Waals surface area contributed by atoms with Gasteiger partial charge in [0.25, 0.3) is 0 Å². The Hall–Kier alpha value is -1.58. The van der Waals surface area contributed by atoms with E-state index in [9.17, 15) is 9.59 Å². The van der Waals surface area contributed by atoms with Gasteiger partial charge in [-0.05, 0) is 70.6 Å². The first-order valence-corrected chi connectivity index (χ1v) is 19.3. The van der Waals surface area contributed by atoms with Crippen LogP contribution in [0.25, 0.3) is 0 Å². The Labute approximate surface area is 274 Å². The Morgan fingerprint density at radius 2 is 0.886 bits per heavy atom. The highest BCUT2D eigenvalue weighted by Crippen LogP contribution is 2.18. The number of allylic oxidation sites excluding steroid dienone is 4. The van der Waals surface area contributed by atoms with E-state index in [1.807, 2.05) is 0 Å². The Morgan fingerprint density at radius 3 is 1.39 bits per heavy atom. The highest BCUT2D eigenvalue weighted by molar-refractivity contribution is 5.69. The number of aliphatic carboxylic acids is 1. The van der Waals surface area contributed by atoms with E-state index >= 15 is 0 Å². The van der Waals surface area contributed by atoms with Crippen molar-refractivity contribution < 1.29 is 19.4 Å². The summed E-state index contributed by atoms with van der Waals surface area (Å²) in [5.74, 6) is -0.651. The summed E-state index contributed by atoms with van der Waals surface area (Å²) in [6, 6.07) is 0. The minimum atomic E-state index is -0.675. The number of unbranched alkanes of at least 4 members (excludes halogenated alkanes) is 22. The van der Waals surface area contributed by atoms with Crippen LogP contribution in [0.2, 0.25) is 0 Å². The fourth-order valence-corrected chi connectivity index (χ4v) is 5.80. The van der Waals surface area contributed by atoms with Crippen LogP contribution in [0.5, 0.6) is 0 Å². The van der Waals surface area contributed by atoms with E-state index < -0.39 is 5.97 Å². The maximum absolute atomic E-state index is 12.6. The molecule has 4 nitrogen and oxygen atoms in total. The minimum absolute atomic E-state index is 0.0245. The first kappa shape index (κ1) is 42.4. The normalized spacial score (nSPS) is 12.4. The van der Waals surface area contributed by atoms with Gasteiger partial charge in [-0.2, -0.15) is 0 Å². The fourth-order valence-electron chi connectivity index (χ4n) is 5.80. The highest BCUT2D eigenvalue weighted by Gasteiger charge is 2.14. The van der Waals surface area contributed by atoms with E-state index in [0.717, 1.165) is 57.8 Å². The van der Waals surface area contributed by atoms with Crippen LogP contribution in [0.15, 0.2) is 24.3 Å². The molecule has 0 amide bonds. The molecule has 0 heterocycles. The molecule has 1 N–H and O–H groups in total. The minimum Gasteiger partial charge on any atom is -0.481 e. The zero-order chi connectivity index (χ0) is 32.2. The van der Waals surface area contributed by atoms with Gasteiger partial charge in [-0.1, -0.05) is 154 Å². The first-order chi connectivity index (χ1) is 21.6. The summed E-state index contributed by atoms with van der Waals surface area (Å²) in [5, 5.41) is 8.69. The number of hydrogen-bond acceptors (Lipinski definition) is 3. The van der Waals surface area contributed by atoms with Gasteiger partial charge in [-0.3, -0.25) is 9.59 Å². The SMILES string of the molecule is CCCCC/C=C\C/C=C\CCCCCCCCCC(=O)OC(CCCCCC)CCCCCCCCCCCCC(=O)O. The second-order valence-corrected chi connectivity index (χ2v) is 13.1. The van der Waals surface area contributed by atoms with Crippen LogP contribution in [0.4, 0.5) is 0 Å². The monoisotopic (exact) mass is 619 g/mol. The van der Waals surface area contributed by atoms with Gasteiger partial charge in [0.1, 0.15) is 6.10 Å². The first-order valence-electron chi connectivity index (χ1n) is 19.3. The maximum atomic E-state index is 12.6. The van der Waals surface area contributed by atoms with Gasteiger partial charge in [0, 0.05) is 12.8 Å². The topological polar surface area (TPSA) is 63.6 Å². The smallest absolute Gasteiger partial charge is 0.306 e. The largest absolute Gasteiger partial charge is 0.481 e. The molecule has 0 saturated heterocycles. The molecular formula is C40H74O4. The van der Waals surface area contributed by atoms with Crippen LogP contribution in [0, 0.1) is 0 Å². The van der Waals surface area contributed by atoms with Crippen LogP contribution in [0.3, 0.4) is 0 Å². The zero-order valence-electron chi connectivity index (χ0n) is 29.5. The van der Waals surface area contributed by atoms with Gasteiger partial charge < -0.3 is 9.84 Å². The number of carboxylic acids is 1.